The van der Waals surface area contributed by atoms with Crippen molar-refractivity contribution in [3.8, 4) is 0 Å². The molecule has 1 fully saturated rings. The number of nitrogens with zero attached hydrogens (tertiary/aromatic N) is 3. The van der Waals surface area contributed by atoms with Crippen LogP contribution in [0.2, 0.25) is 0 Å². The van der Waals surface area contributed by atoms with Crippen molar-refractivity contribution in [2.24, 2.45) is 5.92 Å². The lowest BCUT2D eigenvalue weighted by molar-refractivity contribution is -0.142. The predicted molar refractivity (Wildman–Crippen MR) is 57.0 cm³/mol. The summed E-state index contributed by atoms with van der Waals surface area (Å²) in [7, 11) is 0. The normalized spacial score (nSPS) is 20.2. The van der Waals surface area contributed by atoms with Crippen molar-refractivity contribution in [3.05, 3.63) is 12.2 Å². The van der Waals surface area contributed by atoms with E-state index in [1.54, 1.807) is 6.92 Å². The Bertz CT molecular complexity index is 470. The molecule has 1 aliphatic rings. The molecule has 1 N–H and O–H groups in total. The second-order valence-electron chi connectivity index (χ2n) is 3.83. The first kappa shape index (κ1) is 12.2. The second kappa shape index (κ2) is 4.94. The standard InChI is InChI=1S/C10H12N4O4/c1-2-6-8(15)13-10(17)14(9(6)16)4-3-7-11-5-12-18-7/h5-6H,2-4H2,1H3,(H,13,15,17). The number of rotatable bonds is 4. The van der Waals surface area contributed by atoms with Gasteiger partial charge in [0.05, 0.1) is 0 Å². The highest BCUT2D eigenvalue weighted by Gasteiger charge is 2.38. The van der Waals surface area contributed by atoms with Crippen molar-refractivity contribution in [1.82, 2.24) is 20.4 Å². The van der Waals surface area contributed by atoms with E-state index < -0.39 is 23.8 Å². The number of nitrogens with one attached hydrogen (secondary N) is 1. The highest BCUT2D eigenvalue weighted by molar-refractivity contribution is 6.16. The van der Waals surface area contributed by atoms with E-state index in [1.165, 1.54) is 6.33 Å². The van der Waals surface area contributed by atoms with E-state index >= 15 is 0 Å². The molecule has 0 aromatic carbocycles. The maximum Gasteiger partial charge on any atom is 0.330 e. The first-order valence-corrected chi connectivity index (χ1v) is 5.55. The van der Waals surface area contributed by atoms with E-state index in [9.17, 15) is 14.4 Å². The zero-order valence-electron chi connectivity index (χ0n) is 9.75. The highest BCUT2D eigenvalue weighted by Crippen LogP contribution is 2.14. The molecule has 1 atom stereocenters. The third-order valence-corrected chi connectivity index (χ3v) is 2.72. The number of aromatic nitrogens is 2. The number of urea groups is 1. The largest absolute Gasteiger partial charge is 0.340 e. The number of carbonyl (C=O) groups is 3. The van der Waals surface area contributed by atoms with E-state index in [-0.39, 0.29) is 13.0 Å². The Hall–Kier alpha value is -2.25. The zero-order chi connectivity index (χ0) is 13.1. The van der Waals surface area contributed by atoms with Gasteiger partial charge in [0.2, 0.25) is 17.7 Å². The lowest BCUT2D eigenvalue weighted by Crippen LogP contribution is -2.58. The summed E-state index contributed by atoms with van der Waals surface area (Å²) < 4.78 is 4.77. The monoisotopic (exact) mass is 252 g/mol. The molecule has 1 aromatic rings. The molecule has 0 saturated carbocycles. The van der Waals surface area contributed by atoms with Gasteiger partial charge in [-0.2, -0.15) is 4.98 Å². The van der Waals surface area contributed by atoms with Crippen LogP contribution < -0.4 is 5.32 Å². The summed E-state index contributed by atoms with van der Waals surface area (Å²) in [5.41, 5.74) is 0. The minimum absolute atomic E-state index is 0.108. The molecule has 0 spiro atoms. The van der Waals surface area contributed by atoms with Gasteiger partial charge in [-0.15, -0.1) is 0 Å². The molecule has 2 rings (SSSR count). The Morgan fingerprint density at radius 2 is 2.22 bits per heavy atom. The number of hydrogen-bond donors (Lipinski definition) is 1. The van der Waals surface area contributed by atoms with E-state index in [4.69, 9.17) is 4.52 Å². The molecule has 1 unspecified atom stereocenters. The van der Waals surface area contributed by atoms with Crippen molar-refractivity contribution in [3.63, 3.8) is 0 Å². The molecule has 96 valence electrons. The molecular formula is C10H12N4O4. The highest BCUT2D eigenvalue weighted by atomic mass is 16.5. The molecule has 18 heavy (non-hydrogen) atoms. The molecule has 4 amide bonds. The maximum absolute atomic E-state index is 11.9. The number of amides is 4. The first-order chi connectivity index (χ1) is 8.63. The summed E-state index contributed by atoms with van der Waals surface area (Å²) in [4.78, 5) is 39.7. The SMILES string of the molecule is CCC1C(=O)NC(=O)N(CCc2ncno2)C1=O. The van der Waals surface area contributed by atoms with Gasteiger partial charge in [-0.05, 0) is 6.42 Å². The number of carbonyl (C=O) groups excluding carboxylic acids is 3. The van der Waals surface area contributed by atoms with E-state index in [0.29, 0.717) is 12.3 Å². The van der Waals surface area contributed by atoms with Crippen molar-refractivity contribution in [2.45, 2.75) is 19.8 Å². The lowest BCUT2D eigenvalue weighted by Gasteiger charge is -2.29. The summed E-state index contributed by atoms with van der Waals surface area (Å²) in [5, 5.41) is 5.57. The number of imide groups is 2. The topological polar surface area (TPSA) is 105 Å². The fourth-order valence-corrected chi connectivity index (χ4v) is 1.75. The molecule has 8 heteroatoms. The third-order valence-electron chi connectivity index (χ3n) is 2.72. The summed E-state index contributed by atoms with van der Waals surface area (Å²) >= 11 is 0. The molecule has 2 heterocycles. The van der Waals surface area contributed by atoms with Crippen LogP contribution in [0.5, 0.6) is 0 Å². The van der Waals surface area contributed by atoms with Gasteiger partial charge in [-0.1, -0.05) is 12.1 Å². The Labute approximate surface area is 102 Å². The summed E-state index contributed by atoms with van der Waals surface area (Å²) in [6, 6.07) is -0.700. The smallest absolute Gasteiger partial charge is 0.330 e. The van der Waals surface area contributed by atoms with Crippen molar-refractivity contribution in [2.75, 3.05) is 6.54 Å². The van der Waals surface area contributed by atoms with Crippen molar-refractivity contribution >= 4 is 17.8 Å². The van der Waals surface area contributed by atoms with Gasteiger partial charge in [0.1, 0.15) is 5.92 Å². The van der Waals surface area contributed by atoms with Crippen LogP contribution in [0.4, 0.5) is 4.79 Å². The Balaban J connectivity index is 2.04. The summed E-state index contributed by atoms with van der Waals surface area (Å²) in [6.45, 7) is 1.82. The number of barbiturate groups is 1. The van der Waals surface area contributed by atoms with Gasteiger partial charge in [0.25, 0.3) is 0 Å². The molecule has 0 aliphatic carbocycles. The van der Waals surface area contributed by atoms with E-state index in [0.717, 1.165) is 4.90 Å². The van der Waals surface area contributed by atoms with Crippen LogP contribution in [0.25, 0.3) is 0 Å². The van der Waals surface area contributed by atoms with Crippen LogP contribution in [0.15, 0.2) is 10.9 Å². The lowest BCUT2D eigenvalue weighted by atomic mass is 10.0. The molecule has 1 aliphatic heterocycles. The van der Waals surface area contributed by atoms with Gasteiger partial charge in [-0.3, -0.25) is 19.8 Å². The Kier molecular flexibility index (Phi) is 3.35. The quantitative estimate of drug-likeness (QED) is 0.738. The van der Waals surface area contributed by atoms with Gasteiger partial charge in [-0.25, -0.2) is 4.79 Å². The molecule has 0 bridgehead atoms. The average Bonchev–Trinajstić information content (AvgIpc) is 2.81. The van der Waals surface area contributed by atoms with E-state index in [1.807, 2.05) is 0 Å². The Morgan fingerprint density at radius 1 is 1.44 bits per heavy atom. The predicted octanol–water partition coefficient (Wildman–Crippen LogP) is -0.283. The number of hydrogen-bond acceptors (Lipinski definition) is 6. The third kappa shape index (κ3) is 2.22. The summed E-state index contributed by atoms with van der Waals surface area (Å²) in [6.07, 6.45) is 1.87. The van der Waals surface area contributed by atoms with Gasteiger partial charge in [0.15, 0.2) is 6.33 Å². The van der Waals surface area contributed by atoms with Crippen LogP contribution >= 0.6 is 0 Å². The molecule has 0 radical (unpaired) electrons. The minimum Gasteiger partial charge on any atom is -0.340 e. The van der Waals surface area contributed by atoms with Crippen LogP contribution in [0, 0.1) is 5.92 Å². The molecule has 1 saturated heterocycles. The first-order valence-electron chi connectivity index (χ1n) is 5.55. The summed E-state index contributed by atoms with van der Waals surface area (Å²) in [5.74, 6) is -1.49. The van der Waals surface area contributed by atoms with Gasteiger partial charge < -0.3 is 4.52 Å². The van der Waals surface area contributed by atoms with Crippen LogP contribution in [0.3, 0.4) is 0 Å². The fourth-order valence-electron chi connectivity index (χ4n) is 1.75. The van der Waals surface area contributed by atoms with Crippen LogP contribution in [0.1, 0.15) is 19.2 Å². The molecule has 8 nitrogen and oxygen atoms in total. The Morgan fingerprint density at radius 3 is 2.83 bits per heavy atom. The minimum atomic E-state index is -0.801. The molecular weight excluding hydrogens is 240 g/mol. The second-order valence-corrected chi connectivity index (χ2v) is 3.83. The zero-order valence-corrected chi connectivity index (χ0v) is 9.75. The van der Waals surface area contributed by atoms with Crippen molar-refractivity contribution in [1.29, 1.82) is 0 Å². The van der Waals surface area contributed by atoms with Gasteiger partial charge in [0, 0.05) is 13.0 Å². The molecule has 1 aromatic heterocycles. The fraction of sp³-hybridized carbons (Fsp3) is 0.500. The maximum atomic E-state index is 11.9. The van der Waals surface area contributed by atoms with Crippen LogP contribution in [-0.4, -0.2) is 39.4 Å². The van der Waals surface area contributed by atoms with Gasteiger partial charge >= 0.3 is 6.03 Å². The van der Waals surface area contributed by atoms with E-state index in [2.05, 4.69) is 15.5 Å². The van der Waals surface area contributed by atoms with Crippen molar-refractivity contribution < 1.29 is 18.9 Å². The average molecular weight is 252 g/mol. The van der Waals surface area contributed by atoms with Crippen LogP contribution in [-0.2, 0) is 16.0 Å².